The number of carbonyl (C=O) groups excluding carboxylic acids is 1. The summed E-state index contributed by atoms with van der Waals surface area (Å²) in [5.41, 5.74) is 3.09. The fraction of sp³-hybridized carbons (Fsp3) is 0.333. The molecule has 0 amide bonds. The van der Waals surface area contributed by atoms with E-state index in [2.05, 4.69) is 31.4 Å². The fourth-order valence-corrected chi connectivity index (χ4v) is 4.68. The van der Waals surface area contributed by atoms with Crippen LogP contribution in [0.1, 0.15) is 73.7 Å². The third kappa shape index (κ3) is 4.78. The number of thiocarbonyl (C=S) groups is 1. The molecule has 4 nitrogen and oxygen atoms in total. The van der Waals surface area contributed by atoms with Crippen molar-refractivity contribution in [3.05, 3.63) is 89.4 Å². The van der Waals surface area contributed by atoms with Crippen LogP contribution in [0.15, 0.2) is 71.3 Å². The minimum Gasteiger partial charge on any atom is -0.467 e. The van der Waals surface area contributed by atoms with Gasteiger partial charge in [0.05, 0.1) is 11.8 Å². The number of benzene rings is 2. The highest BCUT2D eigenvalue weighted by atomic mass is 32.1. The molecule has 1 aromatic heterocycles. The summed E-state index contributed by atoms with van der Waals surface area (Å²) in [6.07, 6.45) is 5.93. The van der Waals surface area contributed by atoms with E-state index >= 15 is 0 Å². The van der Waals surface area contributed by atoms with Crippen molar-refractivity contribution < 1.29 is 9.21 Å². The highest BCUT2D eigenvalue weighted by molar-refractivity contribution is 7.80. The van der Waals surface area contributed by atoms with E-state index in [1.807, 2.05) is 60.7 Å². The van der Waals surface area contributed by atoms with Gasteiger partial charge in [-0.2, -0.15) is 0 Å². The van der Waals surface area contributed by atoms with Crippen LogP contribution >= 0.6 is 12.2 Å². The normalized spacial score (nSPS) is 15.3. The molecular weight excluding hydrogens is 416 g/mol. The molecule has 0 radical (unpaired) electrons. The van der Waals surface area contributed by atoms with Crippen LogP contribution in [-0.2, 0) is 11.0 Å². The Morgan fingerprint density at radius 1 is 0.969 bits per heavy atom. The molecule has 0 aliphatic heterocycles. The molecule has 0 spiro atoms. The first-order valence-electron chi connectivity index (χ1n) is 11.2. The van der Waals surface area contributed by atoms with Gasteiger partial charge in [-0.3, -0.25) is 4.79 Å². The van der Waals surface area contributed by atoms with Crippen LogP contribution in [0.5, 0.6) is 0 Å². The lowest BCUT2D eigenvalue weighted by molar-refractivity contribution is 0.103. The van der Waals surface area contributed by atoms with Crippen LogP contribution < -0.4 is 10.6 Å². The topological polar surface area (TPSA) is 54.3 Å². The Morgan fingerprint density at radius 3 is 2.31 bits per heavy atom. The van der Waals surface area contributed by atoms with Crippen molar-refractivity contribution in [2.24, 2.45) is 0 Å². The van der Waals surface area contributed by atoms with Crippen LogP contribution in [0.4, 0.5) is 5.69 Å². The number of rotatable bonds is 5. The molecule has 1 aliphatic carbocycles. The zero-order valence-electron chi connectivity index (χ0n) is 18.9. The number of furan rings is 1. The summed E-state index contributed by atoms with van der Waals surface area (Å²) in [5, 5.41) is 7.27. The van der Waals surface area contributed by atoms with E-state index in [4.69, 9.17) is 16.6 Å². The quantitative estimate of drug-likeness (QED) is 0.343. The second kappa shape index (κ2) is 8.91. The van der Waals surface area contributed by atoms with E-state index in [1.54, 1.807) is 6.26 Å². The number of hydrogen-bond acceptors (Lipinski definition) is 3. The molecule has 166 valence electrons. The van der Waals surface area contributed by atoms with Gasteiger partial charge in [-0.25, -0.2) is 0 Å². The zero-order chi connectivity index (χ0) is 22.8. The predicted octanol–water partition coefficient (Wildman–Crippen LogP) is 6.56. The molecule has 32 heavy (non-hydrogen) atoms. The second-order valence-corrected chi connectivity index (χ2v) is 9.99. The molecule has 2 N–H and O–H groups in total. The molecule has 1 aliphatic rings. The van der Waals surface area contributed by atoms with Gasteiger partial charge in [0.1, 0.15) is 5.76 Å². The van der Waals surface area contributed by atoms with Crippen molar-refractivity contribution in [3.8, 4) is 0 Å². The Kier molecular flexibility index (Phi) is 6.20. The summed E-state index contributed by atoms with van der Waals surface area (Å²) in [7, 11) is 0. The second-order valence-electron chi connectivity index (χ2n) is 9.58. The van der Waals surface area contributed by atoms with Crippen molar-refractivity contribution in [3.63, 3.8) is 0 Å². The van der Waals surface area contributed by atoms with E-state index in [9.17, 15) is 4.79 Å². The van der Waals surface area contributed by atoms with Crippen LogP contribution in [0.25, 0.3) is 0 Å². The molecule has 0 bridgehead atoms. The number of carbonyl (C=O) groups is 1. The summed E-state index contributed by atoms with van der Waals surface area (Å²) < 4.78 is 5.71. The molecule has 0 atom stereocenters. The minimum absolute atomic E-state index is 0.00386. The molecule has 1 fully saturated rings. The molecule has 3 aromatic rings. The summed E-state index contributed by atoms with van der Waals surface area (Å²) in [4.78, 5) is 13.0. The zero-order valence-corrected chi connectivity index (χ0v) is 19.7. The molecule has 1 saturated carbocycles. The van der Waals surface area contributed by atoms with Crippen molar-refractivity contribution >= 4 is 28.8 Å². The first kappa shape index (κ1) is 22.3. The van der Waals surface area contributed by atoms with Gasteiger partial charge in [-0.1, -0.05) is 70.0 Å². The molecule has 1 heterocycles. The van der Waals surface area contributed by atoms with Gasteiger partial charge in [0.25, 0.3) is 0 Å². The Hall–Kier alpha value is -2.92. The fourth-order valence-electron chi connectivity index (χ4n) is 4.37. The van der Waals surface area contributed by atoms with Gasteiger partial charge in [0.15, 0.2) is 10.9 Å². The van der Waals surface area contributed by atoms with E-state index in [0.717, 1.165) is 37.1 Å². The summed E-state index contributed by atoms with van der Waals surface area (Å²) in [5.74, 6) is 0.914. The van der Waals surface area contributed by atoms with Crippen molar-refractivity contribution in [2.75, 3.05) is 5.32 Å². The van der Waals surface area contributed by atoms with Gasteiger partial charge < -0.3 is 15.1 Å². The maximum atomic E-state index is 13.0. The van der Waals surface area contributed by atoms with Gasteiger partial charge in [-0.05, 0) is 60.3 Å². The van der Waals surface area contributed by atoms with Crippen molar-refractivity contribution in [1.29, 1.82) is 0 Å². The number of nitrogens with one attached hydrogen (secondary N) is 2. The summed E-state index contributed by atoms with van der Waals surface area (Å²) in [6, 6.07) is 19.3. The number of ketones is 1. The average Bonchev–Trinajstić information content (AvgIpc) is 3.46. The molecule has 0 unspecified atom stereocenters. The largest absolute Gasteiger partial charge is 0.467 e. The van der Waals surface area contributed by atoms with Crippen LogP contribution in [0, 0.1) is 0 Å². The lowest BCUT2D eigenvalue weighted by Crippen LogP contribution is -2.45. The Morgan fingerprint density at radius 2 is 1.69 bits per heavy atom. The van der Waals surface area contributed by atoms with Gasteiger partial charge in [0.2, 0.25) is 0 Å². The Labute approximate surface area is 195 Å². The van der Waals surface area contributed by atoms with Crippen molar-refractivity contribution in [1.82, 2.24) is 5.32 Å². The van der Waals surface area contributed by atoms with Crippen LogP contribution in [-0.4, -0.2) is 10.9 Å². The number of hydrogen-bond donors (Lipinski definition) is 2. The Bertz CT molecular complexity index is 1090. The number of anilines is 1. The summed E-state index contributed by atoms with van der Waals surface area (Å²) >= 11 is 5.62. The first-order valence-corrected chi connectivity index (χ1v) is 11.6. The van der Waals surface area contributed by atoms with Crippen LogP contribution in [0.3, 0.4) is 0 Å². The SMILES string of the molecule is CC(C)(C)c1ccc(C(=O)c2cccc(NC(=S)NC3(c4ccco4)CCCC3)c2)cc1. The maximum absolute atomic E-state index is 13.0. The molecule has 4 rings (SSSR count). The summed E-state index contributed by atoms with van der Waals surface area (Å²) in [6.45, 7) is 6.49. The molecule has 5 heteroatoms. The maximum Gasteiger partial charge on any atom is 0.193 e. The molecular formula is C27H30N2O2S. The van der Waals surface area contributed by atoms with E-state index in [-0.39, 0.29) is 16.7 Å². The van der Waals surface area contributed by atoms with Crippen molar-refractivity contribution in [2.45, 2.75) is 57.4 Å². The third-order valence-electron chi connectivity index (χ3n) is 6.20. The first-order chi connectivity index (χ1) is 15.3. The molecule has 2 aromatic carbocycles. The lowest BCUT2D eigenvalue weighted by atomic mass is 9.86. The minimum atomic E-state index is -0.268. The smallest absolute Gasteiger partial charge is 0.193 e. The highest BCUT2D eigenvalue weighted by Gasteiger charge is 2.38. The highest BCUT2D eigenvalue weighted by Crippen LogP contribution is 2.39. The van der Waals surface area contributed by atoms with Gasteiger partial charge in [0, 0.05) is 16.8 Å². The van der Waals surface area contributed by atoms with E-state index in [0.29, 0.717) is 16.2 Å². The average molecular weight is 447 g/mol. The van der Waals surface area contributed by atoms with Gasteiger partial charge in [-0.15, -0.1) is 0 Å². The standard InChI is InChI=1S/C27H30N2O2S/c1-26(2,3)21-13-11-19(12-14-21)24(30)20-8-6-9-22(18-20)28-25(32)29-27(15-4-5-16-27)23-10-7-17-31-23/h6-14,17-18H,4-5,15-16H2,1-3H3,(H2,28,29,32). The van der Waals surface area contributed by atoms with Gasteiger partial charge >= 0.3 is 0 Å². The third-order valence-corrected chi connectivity index (χ3v) is 6.40. The van der Waals surface area contributed by atoms with E-state index < -0.39 is 0 Å². The predicted molar refractivity (Wildman–Crippen MR) is 133 cm³/mol. The molecule has 0 saturated heterocycles. The van der Waals surface area contributed by atoms with E-state index in [1.165, 1.54) is 5.56 Å². The van der Waals surface area contributed by atoms with Crippen LogP contribution in [0.2, 0.25) is 0 Å². The Balaban J connectivity index is 1.47. The lowest BCUT2D eigenvalue weighted by Gasteiger charge is -2.29. The monoisotopic (exact) mass is 446 g/mol.